The molecule has 2 N–H and O–H groups in total. The molecule has 0 saturated heterocycles. The Morgan fingerprint density at radius 2 is 1.91 bits per heavy atom. The van der Waals surface area contributed by atoms with Crippen LogP contribution in [0, 0.1) is 13.8 Å². The molecule has 0 unspecified atom stereocenters. The third-order valence-corrected chi connectivity index (χ3v) is 3.94. The fourth-order valence-corrected chi connectivity index (χ4v) is 3.05. The summed E-state index contributed by atoms with van der Waals surface area (Å²) in [6.45, 7) is 4.32. The number of pyridine rings is 1. The lowest BCUT2D eigenvalue weighted by molar-refractivity contribution is 0.101. The Bertz CT molecular complexity index is 961. The molecule has 2 aromatic rings. The minimum atomic E-state index is -4.73. The normalized spacial score (nSPS) is 11.7. The summed E-state index contributed by atoms with van der Waals surface area (Å²) in [5.41, 5.74) is 0.298. The van der Waals surface area contributed by atoms with Crippen LogP contribution in [-0.4, -0.2) is 23.7 Å². The molecular weight excluding hydrogens is 334 g/mol. The summed E-state index contributed by atoms with van der Waals surface area (Å²) in [4.78, 5) is 26.1. The number of aryl methyl sites for hydroxylation is 2. The molecule has 118 valence electrons. The minimum Gasteiger partial charge on any atom is -0.361 e. The van der Waals surface area contributed by atoms with Gasteiger partial charge >= 0.3 is 10.4 Å². The quantitative estimate of drug-likeness (QED) is 0.651. The highest BCUT2D eigenvalue weighted by molar-refractivity contribution is 7.81. The van der Waals surface area contributed by atoms with Gasteiger partial charge in [0.1, 0.15) is 5.75 Å². The maximum atomic E-state index is 12.0. The Morgan fingerprint density at radius 3 is 2.41 bits per heavy atom. The van der Waals surface area contributed by atoms with E-state index in [2.05, 4.69) is 9.17 Å². The van der Waals surface area contributed by atoms with E-state index >= 15 is 0 Å². The van der Waals surface area contributed by atoms with Gasteiger partial charge in [0, 0.05) is 17.0 Å². The maximum absolute atomic E-state index is 12.0. The lowest BCUT2D eigenvalue weighted by atomic mass is 9.98. The summed E-state index contributed by atoms with van der Waals surface area (Å²) in [5.74, 6) is -0.623. The molecule has 7 nitrogen and oxygen atoms in total. The number of aromatic nitrogens is 1. The number of hydrogen-bond donors (Lipinski definition) is 2. The summed E-state index contributed by atoms with van der Waals surface area (Å²) >= 11 is 6.03. The number of carbonyl (C=O) groups is 1. The summed E-state index contributed by atoms with van der Waals surface area (Å²) in [6.07, 6.45) is 0. The van der Waals surface area contributed by atoms with E-state index in [1.807, 2.05) is 0 Å². The molecule has 0 atom stereocenters. The van der Waals surface area contributed by atoms with Crippen molar-refractivity contribution < 1.29 is 21.9 Å². The van der Waals surface area contributed by atoms with Crippen molar-refractivity contribution >= 4 is 38.7 Å². The van der Waals surface area contributed by atoms with Gasteiger partial charge in [-0.05, 0) is 26.3 Å². The summed E-state index contributed by atoms with van der Waals surface area (Å²) in [6, 6.07) is 1.16. The van der Waals surface area contributed by atoms with Gasteiger partial charge in [-0.2, -0.15) is 8.42 Å². The smallest absolute Gasteiger partial charge is 0.361 e. The number of Topliss-reactive ketones (excluding diaryl/α,β-unsaturated/α-hetero) is 1. The fraction of sp³-hybridized carbons (Fsp3) is 0.231. The molecule has 1 aromatic heterocycles. The molecule has 0 saturated carbocycles. The predicted octanol–water partition coefficient (Wildman–Crippen LogP) is 2.18. The van der Waals surface area contributed by atoms with E-state index in [4.69, 9.17) is 16.2 Å². The molecule has 9 heteroatoms. The van der Waals surface area contributed by atoms with Crippen LogP contribution in [0.1, 0.15) is 28.4 Å². The van der Waals surface area contributed by atoms with E-state index in [9.17, 15) is 18.0 Å². The van der Waals surface area contributed by atoms with Crippen molar-refractivity contribution in [1.29, 1.82) is 0 Å². The summed E-state index contributed by atoms with van der Waals surface area (Å²) in [7, 11) is -4.73. The third kappa shape index (κ3) is 2.85. The van der Waals surface area contributed by atoms with Gasteiger partial charge in [0.15, 0.2) is 5.78 Å². The number of aromatic amines is 1. The number of ketones is 1. The fourth-order valence-electron chi connectivity index (χ4n) is 2.41. The van der Waals surface area contributed by atoms with E-state index in [1.165, 1.54) is 13.8 Å². The van der Waals surface area contributed by atoms with Crippen molar-refractivity contribution in [3.63, 3.8) is 0 Å². The van der Waals surface area contributed by atoms with Gasteiger partial charge in [-0.15, -0.1) is 0 Å². The van der Waals surface area contributed by atoms with Crippen molar-refractivity contribution in [2.45, 2.75) is 20.8 Å². The summed E-state index contributed by atoms with van der Waals surface area (Å²) in [5, 5.41) is 0.408. The number of benzene rings is 1. The number of fused-ring (bicyclic) bond motifs is 1. The van der Waals surface area contributed by atoms with Crippen molar-refractivity contribution in [2.75, 3.05) is 0 Å². The highest BCUT2D eigenvalue weighted by Crippen LogP contribution is 2.35. The molecule has 0 radical (unpaired) electrons. The first-order valence-electron chi connectivity index (χ1n) is 6.06. The molecule has 2 rings (SSSR count). The Hall–Kier alpha value is -1.90. The van der Waals surface area contributed by atoms with Crippen LogP contribution in [0.2, 0.25) is 5.02 Å². The summed E-state index contributed by atoms with van der Waals surface area (Å²) < 4.78 is 35.1. The van der Waals surface area contributed by atoms with Crippen molar-refractivity contribution in [3.05, 3.63) is 38.1 Å². The van der Waals surface area contributed by atoms with Gasteiger partial charge < -0.3 is 9.17 Å². The number of halogens is 1. The Kier molecular flexibility index (Phi) is 4.03. The van der Waals surface area contributed by atoms with Crippen LogP contribution in [0.15, 0.2) is 10.9 Å². The SMILES string of the molecule is CC(=O)c1c(C)c2c(C)c(OS(=O)(=O)O)cc(Cl)c2[nH]c1=O. The molecule has 1 heterocycles. The van der Waals surface area contributed by atoms with E-state index in [-0.39, 0.29) is 21.9 Å². The molecule has 0 aliphatic rings. The highest BCUT2D eigenvalue weighted by Gasteiger charge is 2.20. The molecular formula is C13H12ClNO6S. The van der Waals surface area contributed by atoms with Crippen LogP contribution in [0.5, 0.6) is 5.75 Å². The molecule has 0 aliphatic heterocycles. The molecule has 22 heavy (non-hydrogen) atoms. The third-order valence-electron chi connectivity index (χ3n) is 3.25. The van der Waals surface area contributed by atoms with Crippen molar-refractivity contribution in [1.82, 2.24) is 4.98 Å². The monoisotopic (exact) mass is 345 g/mol. The standard InChI is InChI=1S/C13H12ClNO6S/c1-5-9(21-22(18,19)20)4-8(14)12-10(5)6(2)11(7(3)16)13(17)15-12/h4H,1-3H3,(H,15,17)(H,18,19,20). The Balaban J connectivity index is 2.96. The van der Waals surface area contributed by atoms with Gasteiger partial charge in [-0.25, -0.2) is 0 Å². The van der Waals surface area contributed by atoms with E-state index in [0.717, 1.165) is 6.07 Å². The van der Waals surface area contributed by atoms with Gasteiger partial charge in [0.2, 0.25) is 0 Å². The van der Waals surface area contributed by atoms with E-state index in [0.29, 0.717) is 16.5 Å². The number of carbonyl (C=O) groups excluding carboxylic acids is 1. The predicted molar refractivity (Wildman–Crippen MR) is 81.2 cm³/mol. The van der Waals surface area contributed by atoms with Crippen LogP contribution in [0.4, 0.5) is 0 Å². The number of hydrogen-bond acceptors (Lipinski definition) is 5. The lowest BCUT2D eigenvalue weighted by Gasteiger charge is -2.14. The largest absolute Gasteiger partial charge is 0.446 e. The average Bonchev–Trinajstić information content (AvgIpc) is 2.32. The Labute approximate surface area is 130 Å². The van der Waals surface area contributed by atoms with E-state index < -0.39 is 21.7 Å². The van der Waals surface area contributed by atoms with Crippen molar-refractivity contribution in [3.8, 4) is 5.75 Å². The second kappa shape index (κ2) is 5.38. The molecule has 0 fully saturated rings. The molecule has 0 bridgehead atoms. The second-order valence-corrected chi connectivity index (χ2v) is 6.18. The van der Waals surface area contributed by atoms with Crippen LogP contribution in [0.25, 0.3) is 10.9 Å². The van der Waals surface area contributed by atoms with Crippen LogP contribution in [0.3, 0.4) is 0 Å². The first-order chi connectivity index (χ1) is 10.0. The maximum Gasteiger partial charge on any atom is 0.446 e. The molecule has 1 aromatic carbocycles. The number of rotatable bonds is 3. The highest BCUT2D eigenvalue weighted by atomic mass is 35.5. The van der Waals surface area contributed by atoms with Gasteiger partial charge in [0.05, 0.1) is 16.1 Å². The van der Waals surface area contributed by atoms with E-state index in [1.54, 1.807) is 6.92 Å². The van der Waals surface area contributed by atoms with Gasteiger partial charge in [0.25, 0.3) is 5.56 Å². The van der Waals surface area contributed by atoms with Crippen LogP contribution in [-0.2, 0) is 10.4 Å². The zero-order chi connectivity index (χ0) is 16.8. The number of nitrogens with one attached hydrogen (secondary N) is 1. The van der Waals surface area contributed by atoms with Crippen LogP contribution >= 0.6 is 11.6 Å². The topological polar surface area (TPSA) is 114 Å². The first kappa shape index (κ1) is 16.5. The van der Waals surface area contributed by atoms with Crippen molar-refractivity contribution in [2.24, 2.45) is 0 Å². The zero-order valence-corrected chi connectivity index (χ0v) is 13.4. The van der Waals surface area contributed by atoms with Gasteiger partial charge in [-0.1, -0.05) is 11.6 Å². The lowest BCUT2D eigenvalue weighted by Crippen LogP contribution is -2.19. The van der Waals surface area contributed by atoms with Gasteiger partial charge in [-0.3, -0.25) is 14.1 Å². The number of H-pyrrole nitrogens is 1. The zero-order valence-electron chi connectivity index (χ0n) is 11.9. The first-order valence-corrected chi connectivity index (χ1v) is 7.80. The second-order valence-electron chi connectivity index (χ2n) is 4.75. The Morgan fingerprint density at radius 1 is 1.32 bits per heavy atom. The molecule has 0 aliphatic carbocycles. The molecule has 0 spiro atoms. The van der Waals surface area contributed by atoms with Crippen LogP contribution < -0.4 is 9.74 Å². The minimum absolute atomic E-state index is 0.0227. The molecule has 0 amide bonds. The average molecular weight is 346 g/mol.